The smallest absolute Gasteiger partial charge is 0.181 e. The monoisotopic (exact) mass is 473 g/mol. The van der Waals surface area contributed by atoms with E-state index in [0.717, 1.165) is 37.8 Å². The zero-order valence-electron chi connectivity index (χ0n) is 15.6. The molecule has 0 radical (unpaired) electrons. The van der Waals surface area contributed by atoms with Crippen LogP contribution in [0.25, 0.3) is 21.8 Å². The SMILES string of the molecule is Bc1ccc2c(c1)c1cc(Br)ccc1n2CC(F)CS(=O)(=O)c1cccc(O)c1. The Bertz CT molecular complexity index is 1280. The van der Waals surface area contributed by atoms with E-state index in [1.54, 1.807) is 0 Å². The highest BCUT2D eigenvalue weighted by Gasteiger charge is 2.23. The van der Waals surface area contributed by atoms with E-state index in [4.69, 9.17) is 0 Å². The van der Waals surface area contributed by atoms with Crippen molar-refractivity contribution in [3.05, 3.63) is 65.1 Å². The van der Waals surface area contributed by atoms with E-state index in [9.17, 15) is 17.9 Å². The summed E-state index contributed by atoms with van der Waals surface area (Å²) in [5.74, 6) is -0.815. The Labute approximate surface area is 177 Å². The van der Waals surface area contributed by atoms with Gasteiger partial charge in [-0.15, -0.1) is 0 Å². The third kappa shape index (κ3) is 3.91. The predicted octanol–water partition coefficient (Wildman–Crippen LogP) is 3.33. The second kappa shape index (κ2) is 7.50. The van der Waals surface area contributed by atoms with Crippen LogP contribution in [-0.4, -0.2) is 37.9 Å². The van der Waals surface area contributed by atoms with Crippen molar-refractivity contribution in [1.29, 1.82) is 0 Å². The number of phenolic OH excluding ortho intramolecular Hbond substituents is 1. The maximum atomic E-state index is 15.0. The summed E-state index contributed by atoms with van der Waals surface area (Å²) in [6.45, 7) is -0.0806. The van der Waals surface area contributed by atoms with Gasteiger partial charge in [-0.3, -0.25) is 0 Å². The first-order chi connectivity index (χ1) is 13.7. The molecule has 4 nitrogen and oxygen atoms in total. The average molecular weight is 474 g/mol. The summed E-state index contributed by atoms with van der Waals surface area (Å²) >= 11 is 3.49. The molecule has 0 aliphatic carbocycles. The van der Waals surface area contributed by atoms with Gasteiger partial charge in [0.05, 0.1) is 17.2 Å². The third-order valence-electron chi connectivity index (χ3n) is 4.94. The van der Waals surface area contributed by atoms with Crippen molar-refractivity contribution in [1.82, 2.24) is 4.57 Å². The van der Waals surface area contributed by atoms with E-state index in [1.807, 2.05) is 42.7 Å². The number of benzene rings is 3. The highest BCUT2D eigenvalue weighted by molar-refractivity contribution is 9.10. The fourth-order valence-corrected chi connectivity index (χ4v) is 5.37. The van der Waals surface area contributed by atoms with Crippen molar-refractivity contribution < 1.29 is 17.9 Å². The van der Waals surface area contributed by atoms with E-state index < -0.39 is 21.8 Å². The maximum absolute atomic E-state index is 15.0. The zero-order chi connectivity index (χ0) is 20.8. The van der Waals surface area contributed by atoms with Crippen molar-refractivity contribution in [2.75, 3.05) is 5.75 Å². The van der Waals surface area contributed by atoms with Gasteiger partial charge in [-0.25, -0.2) is 12.8 Å². The van der Waals surface area contributed by atoms with Crippen LogP contribution in [-0.2, 0) is 16.4 Å². The average Bonchev–Trinajstić information content (AvgIpc) is 2.93. The summed E-state index contributed by atoms with van der Waals surface area (Å²) in [6.07, 6.45) is -1.61. The van der Waals surface area contributed by atoms with Crippen LogP contribution in [0.4, 0.5) is 4.39 Å². The summed E-state index contributed by atoms with van der Waals surface area (Å²) < 4.78 is 42.9. The number of alkyl halides is 1. The lowest BCUT2D eigenvalue weighted by Gasteiger charge is -2.13. The molecule has 3 aromatic carbocycles. The van der Waals surface area contributed by atoms with E-state index in [2.05, 4.69) is 22.0 Å². The molecule has 1 unspecified atom stereocenters. The van der Waals surface area contributed by atoms with Gasteiger partial charge in [-0.05, 0) is 42.5 Å². The van der Waals surface area contributed by atoms with Gasteiger partial charge < -0.3 is 9.67 Å². The molecule has 29 heavy (non-hydrogen) atoms. The lowest BCUT2D eigenvalue weighted by atomic mass is 9.94. The molecular formula is C21H18BBrFNO3S. The van der Waals surface area contributed by atoms with E-state index in [-0.39, 0.29) is 17.2 Å². The summed E-state index contributed by atoms with van der Waals surface area (Å²) in [5.41, 5.74) is 2.81. The predicted molar refractivity (Wildman–Crippen MR) is 120 cm³/mol. The number of nitrogens with zero attached hydrogens (tertiary/aromatic N) is 1. The molecule has 1 aromatic heterocycles. The minimum atomic E-state index is -3.86. The number of aromatic nitrogens is 1. The van der Waals surface area contributed by atoms with Crippen molar-refractivity contribution in [3.63, 3.8) is 0 Å². The van der Waals surface area contributed by atoms with E-state index in [0.29, 0.717) is 0 Å². The number of halogens is 2. The van der Waals surface area contributed by atoms with Gasteiger partial charge >= 0.3 is 0 Å². The molecule has 4 aromatic rings. The second-order valence-electron chi connectivity index (χ2n) is 7.17. The van der Waals surface area contributed by atoms with Gasteiger partial charge in [0.25, 0.3) is 0 Å². The summed E-state index contributed by atoms with van der Waals surface area (Å²) in [7, 11) is -1.86. The Morgan fingerprint density at radius 3 is 2.45 bits per heavy atom. The Kier molecular flexibility index (Phi) is 5.17. The minimum Gasteiger partial charge on any atom is -0.508 e. The number of rotatable bonds is 5. The van der Waals surface area contributed by atoms with Crippen LogP contribution in [0.15, 0.2) is 70.0 Å². The number of aromatic hydroxyl groups is 1. The Morgan fingerprint density at radius 2 is 1.72 bits per heavy atom. The fraction of sp³-hybridized carbons (Fsp3) is 0.143. The molecular weight excluding hydrogens is 456 g/mol. The summed E-state index contributed by atoms with van der Waals surface area (Å²) in [6, 6.07) is 17.1. The van der Waals surface area contributed by atoms with Gasteiger partial charge in [0.1, 0.15) is 19.8 Å². The van der Waals surface area contributed by atoms with Crippen LogP contribution in [0.3, 0.4) is 0 Å². The molecule has 0 saturated carbocycles. The van der Waals surface area contributed by atoms with Crippen LogP contribution in [0.5, 0.6) is 5.75 Å². The minimum absolute atomic E-state index is 0.0806. The van der Waals surface area contributed by atoms with Crippen molar-refractivity contribution >= 4 is 60.9 Å². The van der Waals surface area contributed by atoms with E-state index >= 15 is 0 Å². The van der Waals surface area contributed by atoms with Crippen LogP contribution in [0.1, 0.15) is 0 Å². The van der Waals surface area contributed by atoms with E-state index in [1.165, 1.54) is 18.2 Å². The molecule has 0 aliphatic heterocycles. The largest absolute Gasteiger partial charge is 0.508 e. The molecule has 0 bridgehead atoms. The first-order valence-electron chi connectivity index (χ1n) is 9.08. The molecule has 0 spiro atoms. The molecule has 1 N–H and O–H groups in total. The molecule has 0 amide bonds. The Balaban J connectivity index is 1.72. The number of hydrogen-bond acceptors (Lipinski definition) is 3. The second-order valence-corrected chi connectivity index (χ2v) is 10.1. The topological polar surface area (TPSA) is 59.3 Å². The number of fused-ring (bicyclic) bond motifs is 3. The first-order valence-corrected chi connectivity index (χ1v) is 11.5. The summed E-state index contributed by atoms with van der Waals surface area (Å²) in [4.78, 5) is -0.0815. The zero-order valence-corrected chi connectivity index (χ0v) is 18.0. The Morgan fingerprint density at radius 1 is 1.03 bits per heavy atom. The molecule has 0 fully saturated rings. The normalized spacial score (nSPS) is 13.2. The molecule has 1 heterocycles. The summed E-state index contributed by atoms with van der Waals surface area (Å²) in [5, 5.41) is 11.5. The molecule has 1 atom stereocenters. The number of hydrogen-bond donors (Lipinski definition) is 1. The quantitative estimate of drug-likeness (QED) is 0.452. The molecule has 0 aliphatic rings. The van der Waals surface area contributed by atoms with Crippen LogP contribution in [0, 0.1) is 0 Å². The third-order valence-corrected chi connectivity index (χ3v) is 7.21. The van der Waals surface area contributed by atoms with Crippen molar-refractivity contribution in [2.24, 2.45) is 0 Å². The van der Waals surface area contributed by atoms with Crippen molar-refractivity contribution in [2.45, 2.75) is 17.6 Å². The lowest BCUT2D eigenvalue weighted by Crippen LogP contribution is -2.22. The lowest BCUT2D eigenvalue weighted by molar-refractivity contribution is 0.328. The van der Waals surface area contributed by atoms with Crippen molar-refractivity contribution in [3.8, 4) is 5.75 Å². The first kappa shape index (κ1) is 20.0. The molecule has 0 saturated heterocycles. The molecule has 8 heteroatoms. The standard InChI is InChI=1S/C21H18BBrFNO3S/c22-13-4-6-20-18(8-13)19-9-14(23)5-7-21(19)25(20)11-15(24)12-29(27,28)17-3-1-2-16(26)10-17/h1-10,15,26H,11-12,22H2. The fourth-order valence-electron chi connectivity index (χ4n) is 3.65. The van der Waals surface area contributed by atoms with Gasteiger partial charge in [0.2, 0.25) is 0 Å². The maximum Gasteiger partial charge on any atom is 0.181 e. The van der Waals surface area contributed by atoms with Crippen LogP contribution >= 0.6 is 15.9 Å². The van der Waals surface area contributed by atoms with Gasteiger partial charge in [0.15, 0.2) is 9.84 Å². The van der Waals surface area contributed by atoms with Gasteiger partial charge in [0, 0.05) is 26.3 Å². The Hall–Kier alpha value is -2.32. The molecule has 148 valence electrons. The van der Waals surface area contributed by atoms with Crippen LogP contribution < -0.4 is 5.46 Å². The van der Waals surface area contributed by atoms with Crippen LogP contribution in [0.2, 0.25) is 0 Å². The highest BCUT2D eigenvalue weighted by Crippen LogP contribution is 2.31. The number of sulfone groups is 1. The van der Waals surface area contributed by atoms with Gasteiger partial charge in [-0.1, -0.05) is 39.6 Å². The van der Waals surface area contributed by atoms with Gasteiger partial charge in [-0.2, -0.15) is 0 Å². The molecule has 4 rings (SSSR count). The highest BCUT2D eigenvalue weighted by atomic mass is 79.9. The number of phenols is 1.